The smallest absolute Gasteiger partial charge is 0.191 e. The Balaban J connectivity index is 0.00000338. The number of halogens is 2. The Morgan fingerprint density at radius 1 is 1.42 bits per heavy atom. The summed E-state index contributed by atoms with van der Waals surface area (Å²) in [7, 11) is 1.73. The predicted octanol–water partition coefficient (Wildman–Crippen LogP) is 2.79. The zero-order chi connectivity index (χ0) is 17.9. The van der Waals surface area contributed by atoms with E-state index in [1.807, 2.05) is 4.90 Å². The van der Waals surface area contributed by atoms with E-state index in [1.165, 1.54) is 6.07 Å². The zero-order valence-electron chi connectivity index (χ0n) is 15.7. The molecule has 0 radical (unpaired) electrons. The van der Waals surface area contributed by atoms with Gasteiger partial charge in [-0.25, -0.2) is 9.37 Å². The molecule has 0 saturated carbocycles. The minimum atomic E-state index is -0.264. The Labute approximate surface area is 173 Å². The van der Waals surface area contributed by atoms with Crippen molar-refractivity contribution in [2.45, 2.75) is 38.6 Å². The van der Waals surface area contributed by atoms with Crippen LogP contribution < -0.4 is 15.5 Å². The number of hydrogen-bond donors (Lipinski definition) is 2. The van der Waals surface area contributed by atoms with Crippen LogP contribution in [0, 0.1) is 5.82 Å². The summed E-state index contributed by atoms with van der Waals surface area (Å²) in [6.07, 6.45) is 5.81. The summed E-state index contributed by atoms with van der Waals surface area (Å²) in [5.74, 6) is 1.01. The standard InChI is InChI=1S/C18H30FN5O.HI/c1-3-20-18(22-10-5-4-6-13-25-2)23-15-9-12-24(14-15)17-16(19)8-7-11-21-17;/h7-8,11,15H,3-6,9-10,12-14H2,1-2H3,(H2,20,22,23);1H. The molecule has 1 atom stereocenters. The van der Waals surface area contributed by atoms with E-state index in [1.54, 1.807) is 19.4 Å². The van der Waals surface area contributed by atoms with E-state index in [4.69, 9.17) is 4.74 Å². The van der Waals surface area contributed by atoms with Crippen molar-refractivity contribution in [2.24, 2.45) is 4.99 Å². The monoisotopic (exact) mass is 479 g/mol. The second-order valence-electron chi connectivity index (χ2n) is 6.20. The Kier molecular flexibility index (Phi) is 11.5. The van der Waals surface area contributed by atoms with E-state index in [0.29, 0.717) is 5.82 Å². The van der Waals surface area contributed by atoms with Crippen molar-refractivity contribution in [2.75, 3.05) is 44.8 Å². The Bertz CT molecular complexity index is 546. The van der Waals surface area contributed by atoms with Crippen LogP contribution >= 0.6 is 24.0 Å². The summed E-state index contributed by atoms with van der Waals surface area (Å²) in [5, 5.41) is 6.74. The molecule has 1 aliphatic heterocycles. The molecule has 8 heteroatoms. The fourth-order valence-electron chi connectivity index (χ4n) is 2.92. The molecule has 0 spiro atoms. The lowest BCUT2D eigenvalue weighted by atomic mass is 10.2. The molecule has 0 aliphatic carbocycles. The molecule has 1 aliphatic rings. The summed E-state index contributed by atoms with van der Waals surface area (Å²) in [6, 6.07) is 3.32. The topological polar surface area (TPSA) is 61.8 Å². The molecule has 1 aromatic heterocycles. The second kappa shape index (κ2) is 13.1. The highest BCUT2D eigenvalue weighted by molar-refractivity contribution is 14.0. The van der Waals surface area contributed by atoms with Gasteiger partial charge in [-0.1, -0.05) is 0 Å². The Morgan fingerprint density at radius 2 is 2.27 bits per heavy atom. The van der Waals surface area contributed by atoms with Gasteiger partial charge in [-0.05, 0) is 44.7 Å². The van der Waals surface area contributed by atoms with Crippen molar-refractivity contribution in [1.82, 2.24) is 15.6 Å². The Morgan fingerprint density at radius 3 is 3.00 bits per heavy atom. The van der Waals surface area contributed by atoms with Crippen LogP contribution in [0.4, 0.5) is 10.2 Å². The lowest BCUT2D eigenvalue weighted by Gasteiger charge is -2.19. The quantitative estimate of drug-likeness (QED) is 0.247. The van der Waals surface area contributed by atoms with Gasteiger partial charge in [0.25, 0.3) is 0 Å². The van der Waals surface area contributed by atoms with Gasteiger partial charge in [0, 0.05) is 52.1 Å². The summed E-state index contributed by atoms with van der Waals surface area (Å²) in [6.45, 7) is 6.00. The van der Waals surface area contributed by atoms with E-state index < -0.39 is 0 Å². The van der Waals surface area contributed by atoms with Crippen molar-refractivity contribution >= 4 is 35.8 Å². The van der Waals surface area contributed by atoms with E-state index in [2.05, 4.69) is 27.5 Å². The first kappa shape index (κ1) is 22.9. The lowest BCUT2D eigenvalue weighted by molar-refractivity contribution is 0.192. The predicted molar refractivity (Wildman–Crippen MR) is 115 cm³/mol. The number of anilines is 1. The first-order valence-corrected chi connectivity index (χ1v) is 9.13. The van der Waals surface area contributed by atoms with E-state index >= 15 is 0 Å². The van der Waals surface area contributed by atoms with Gasteiger partial charge in [0.1, 0.15) is 0 Å². The third-order valence-electron chi connectivity index (χ3n) is 4.19. The number of hydrogen-bond acceptors (Lipinski definition) is 4. The molecule has 0 bridgehead atoms. The van der Waals surface area contributed by atoms with Crippen LogP contribution in [0.3, 0.4) is 0 Å². The highest BCUT2D eigenvalue weighted by Gasteiger charge is 2.25. The molecule has 1 saturated heterocycles. The molecule has 6 nitrogen and oxygen atoms in total. The molecule has 2 heterocycles. The normalized spacial score (nSPS) is 17.1. The van der Waals surface area contributed by atoms with Crippen LogP contribution in [0.1, 0.15) is 32.6 Å². The molecule has 148 valence electrons. The van der Waals surface area contributed by atoms with E-state index in [0.717, 1.165) is 64.4 Å². The van der Waals surface area contributed by atoms with Crippen LogP contribution in [0.5, 0.6) is 0 Å². The lowest BCUT2D eigenvalue weighted by Crippen LogP contribution is -2.44. The zero-order valence-corrected chi connectivity index (χ0v) is 18.0. The van der Waals surface area contributed by atoms with Crippen molar-refractivity contribution in [3.63, 3.8) is 0 Å². The third kappa shape index (κ3) is 7.61. The maximum atomic E-state index is 13.9. The van der Waals surface area contributed by atoms with Gasteiger partial charge in [-0.2, -0.15) is 0 Å². The molecule has 26 heavy (non-hydrogen) atoms. The molecule has 0 aromatic carbocycles. The van der Waals surface area contributed by atoms with Gasteiger partial charge < -0.3 is 20.3 Å². The van der Waals surface area contributed by atoms with Gasteiger partial charge >= 0.3 is 0 Å². The number of pyridine rings is 1. The number of unbranched alkanes of at least 4 members (excludes halogenated alkanes) is 2. The molecule has 2 rings (SSSR count). The van der Waals surface area contributed by atoms with Crippen LogP contribution in [0.25, 0.3) is 0 Å². The van der Waals surface area contributed by atoms with Crippen LogP contribution in [0.2, 0.25) is 0 Å². The van der Waals surface area contributed by atoms with Gasteiger partial charge in [-0.15, -0.1) is 24.0 Å². The number of aromatic nitrogens is 1. The first-order chi connectivity index (χ1) is 12.2. The SMILES string of the molecule is CCNC(=NCCCCCOC)NC1CCN(c2ncccc2F)C1.I. The van der Waals surface area contributed by atoms with E-state index in [-0.39, 0.29) is 35.8 Å². The summed E-state index contributed by atoms with van der Waals surface area (Å²) < 4.78 is 18.9. The second-order valence-corrected chi connectivity index (χ2v) is 6.20. The van der Waals surface area contributed by atoms with Crippen molar-refractivity contribution in [1.29, 1.82) is 0 Å². The molecular weight excluding hydrogens is 448 g/mol. The van der Waals surface area contributed by atoms with E-state index in [9.17, 15) is 4.39 Å². The molecular formula is C18H31FIN5O. The molecule has 1 aromatic rings. The van der Waals surface area contributed by atoms with Crippen molar-refractivity contribution in [3.8, 4) is 0 Å². The number of methoxy groups -OCH3 is 1. The highest BCUT2D eigenvalue weighted by Crippen LogP contribution is 2.20. The molecule has 2 N–H and O–H groups in total. The minimum Gasteiger partial charge on any atom is -0.385 e. The summed E-state index contributed by atoms with van der Waals surface area (Å²) >= 11 is 0. The van der Waals surface area contributed by atoms with Gasteiger partial charge in [0.15, 0.2) is 17.6 Å². The molecule has 0 amide bonds. The maximum Gasteiger partial charge on any atom is 0.191 e. The van der Waals surface area contributed by atoms with Crippen molar-refractivity contribution in [3.05, 3.63) is 24.1 Å². The number of rotatable bonds is 9. The number of nitrogens with one attached hydrogen (secondary N) is 2. The summed E-state index contributed by atoms with van der Waals surface area (Å²) in [4.78, 5) is 10.8. The molecule has 1 unspecified atom stereocenters. The molecule has 1 fully saturated rings. The number of aliphatic imine (C=N–C) groups is 1. The van der Waals surface area contributed by atoms with Gasteiger partial charge in [-0.3, -0.25) is 4.99 Å². The first-order valence-electron chi connectivity index (χ1n) is 9.13. The highest BCUT2D eigenvalue weighted by atomic mass is 127. The van der Waals surface area contributed by atoms with Crippen molar-refractivity contribution < 1.29 is 9.13 Å². The average Bonchev–Trinajstić information content (AvgIpc) is 3.07. The number of guanidine groups is 1. The van der Waals surface area contributed by atoms with Crippen LogP contribution in [-0.2, 0) is 4.74 Å². The minimum absolute atomic E-state index is 0. The average molecular weight is 479 g/mol. The summed E-state index contributed by atoms with van der Waals surface area (Å²) in [5.41, 5.74) is 0. The third-order valence-corrected chi connectivity index (χ3v) is 4.19. The van der Waals surface area contributed by atoms with Crippen LogP contribution in [0.15, 0.2) is 23.3 Å². The fraction of sp³-hybridized carbons (Fsp3) is 0.667. The Hall–Kier alpha value is -1.16. The number of ether oxygens (including phenoxy) is 1. The van der Waals surface area contributed by atoms with Crippen LogP contribution in [-0.4, -0.2) is 56.9 Å². The largest absolute Gasteiger partial charge is 0.385 e. The fourth-order valence-corrected chi connectivity index (χ4v) is 2.92. The number of nitrogens with zero attached hydrogens (tertiary/aromatic N) is 3. The van der Waals surface area contributed by atoms with Gasteiger partial charge in [0.2, 0.25) is 0 Å². The van der Waals surface area contributed by atoms with Gasteiger partial charge in [0.05, 0.1) is 0 Å². The maximum absolute atomic E-state index is 13.9.